The second-order valence-electron chi connectivity index (χ2n) is 9.02. The number of nitrogen functional groups attached to an aromatic ring is 1. The molecule has 0 saturated carbocycles. The minimum Gasteiger partial charge on any atom is -0.453 e. The van der Waals surface area contributed by atoms with Gasteiger partial charge < -0.3 is 15.8 Å². The Bertz CT molecular complexity index is 1860. The van der Waals surface area contributed by atoms with Gasteiger partial charge in [-0.1, -0.05) is 23.7 Å². The van der Waals surface area contributed by atoms with Gasteiger partial charge in [0.2, 0.25) is 0 Å². The van der Waals surface area contributed by atoms with Crippen molar-refractivity contribution in [1.82, 2.24) is 14.8 Å². The Balaban J connectivity index is 1.69. The number of rotatable bonds is 6. The fraction of sp³-hybridized carbons (Fsp3) is 0.0690. The summed E-state index contributed by atoms with van der Waals surface area (Å²) in [6.07, 6.45) is 0.0307. The molecule has 13 heteroatoms. The highest BCUT2D eigenvalue weighted by molar-refractivity contribution is 6.32. The summed E-state index contributed by atoms with van der Waals surface area (Å²) in [5.74, 6) is -3.33. The molecule has 5 aromatic rings. The summed E-state index contributed by atoms with van der Waals surface area (Å²) in [7, 11) is 1.61. The number of aromatic nitrogens is 3. The van der Waals surface area contributed by atoms with Crippen LogP contribution in [0.2, 0.25) is 5.02 Å². The normalized spacial score (nSPS) is 11.8. The van der Waals surface area contributed by atoms with Gasteiger partial charge >= 0.3 is 6.18 Å². The van der Waals surface area contributed by atoms with Gasteiger partial charge in [-0.15, -0.1) is 0 Å². The zero-order valence-electron chi connectivity index (χ0n) is 21.5. The largest absolute Gasteiger partial charge is 0.453 e. The van der Waals surface area contributed by atoms with E-state index in [1.165, 1.54) is 16.8 Å². The molecule has 0 aliphatic rings. The smallest absolute Gasteiger partial charge is 0.416 e. The van der Waals surface area contributed by atoms with Crippen molar-refractivity contribution in [3.63, 3.8) is 0 Å². The maximum Gasteiger partial charge on any atom is 0.416 e. The van der Waals surface area contributed by atoms with Gasteiger partial charge in [-0.3, -0.25) is 14.5 Å². The summed E-state index contributed by atoms with van der Waals surface area (Å²) in [5, 5.41) is 6.93. The van der Waals surface area contributed by atoms with Crippen LogP contribution in [0.3, 0.4) is 0 Å². The van der Waals surface area contributed by atoms with Crippen LogP contribution < -0.4 is 15.8 Å². The number of ether oxygens (including phenoxy) is 1. The average Bonchev–Trinajstić information content (AvgIpc) is 3.24. The van der Waals surface area contributed by atoms with E-state index in [1.807, 2.05) is 0 Å². The molecular weight excluding hydrogens is 581 g/mol. The molecular formula is C29H19ClF5N5O2. The van der Waals surface area contributed by atoms with Crippen LogP contribution in [0.5, 0.6) is 11.5 Å². The van der Waals surface area contributed by atoms with Crippen molar-refractivity contribution >= 4 is 52.1 Å². The molecule has 2 heterocycles. The Kier molecular flexibility index (Phi) is 7.57. The number of nitrogens with two attached hydrogens (primary N) is 1. The van der Waals surface area contributed by atoms with Crippen LogP contribution >= 0.6 is 11.6 Å². The number of nitrogens with zero attached hydrogens (tertiary/aromatic N) is 3. The first kappa shape index (κ1) is 28.6. The second kappa shape index (κ2) is 11.1. The van der Waals surface area contributed by atoms with Crippen molar-refractivity contribution < 1.29 is 31.5 Å². The van der Waals surface area contributed by atoms with Crippen LogP contribution in [0, 0.1) is 11.6 Å². The predicted octanol–water partition coefficient (Wildman–Crippen LogP) is 7.72. The number of fused-ring (bicyclic) bond motifs is 1. The average molecular weight is 600 g/mol. The third-order valence-corrected chi connectivity index (χ3v) is 6.39. The van der Waals surface area contributed by atoms with E-state index >= 15 is 0 Å². The molecule has 214 valence electrons. The first-order valence-electron chi connectivity index (χ1n) is 12.1. The van der Waals surface area contributed by atoms with E-state index in [2.05, 4.69) is 15.4 Å². The lowest BCUT2D eigenvalue weighted by Gasteiger charge is -2.17. The maximum absolute atomic E-state index is 14.1. The number of carbonyl (C=O) groups excluding carboxylic acids is 1. The molecule has 7 nitrogen and oxygen atoms in total. The number of alkyl halides is 3. The van der Waals surface area contributed by atoms with E-state index in [0.29, 0.717) is 28.9 Å². The molecule has 0 spiro atoms. The highest BCUT2D eigenvalue weighted by atomic mass is 35.5. The summed E-state index contributed by atoms with van der Waals surface area (Å²) < 4.78 is 75.6. The second-order valence-corrected chi connectivity index (χ2v) is 9.43. The van der Waals surface area contributed by atoms with E-state index in [0.717, 1.165) is 12.1 Å². The van der Waals surface area contributed by atoms with Crippen molar-refractivity contribution in [3.05, 3.63) is 106 Å². The van der Waals surface area contributed by atoms with Gasteiger partial charge in [0.05, 0.1) is 32.9 Å². The fourth-order valence-corrected chi connectivity index (χ4v) is 4.40. The summed E-state index contributed by atoms with van der Waals surface area (Å²) in [5.41, 5.74) is 5.66. The molecule has 0 saturated heterocycles. The summed E-state index contributed by atoms with van der Waals surface area (Å²) in [6.45, 7) is 0. The Morgan fingerprint density at radius 3 is 2.55 bits per heavy atom. The standard InChI is InChI=1S/C29H19ClF5N5O2/c1-40-25-15(5-7-20-4-2-3-9-37-20)12-22(38-28(41)16-10-17(29(33,34)35)13-19(32)11-16)26(24(25)27(36)39-40)42-23-14-18(31)6-8-21(23)30/h2-14H,1H3,(H2,36,39)(H,38,41). The van der Waals surface area contributed by atoms with Crippen LogP contribution in [0.15, 0.2) is 66.9 Å². The van der Waals surface area contributed by atoms with Gasteiger partial charge in [-0.05, 0) is 54.6 Å². The molecule has 5 rings (SSSR count). The van der Waals surface area contributed by atoms with Gasteiger partial charge in [0, 0.05) is 30.4 Å². The molecule has 0 fully saturated rings. The number of carbonyl (C=O) groups is 1. The molecule has 3 N–H and O–H groups in total. The molecule has 42 heavy (non-hydrogen) atoms. The lowest BCUT2D eigenvalue weighted by atomic mass is 10.1. The topological polar surface area (TPSA) is 95.1 Å². The van der Waals surface area contributed by atoms with Crippen LogP contribution in [0.25, 0.3) is 23.1 Å². The van der Waals surface area contributed by atoms with Crippen molar-refractivity contribution in [2.24, 2.45) is 7.05 Å². The SMILES string of the molecule is Cn1nc(N)c2c(Oc3cc(F)ccc3Cl)c(NC(=O)c3cc(F)cc(C(F)(F)F)c3)cc(C=Cc3ccccn3)c21. The monoisotopic (exact) mass is 599 g/mol. The molecule has 0 atom stereocenters. The summed E-state index contributed by atoms with van der Waals surface area (Å²) >= 11 is 6.23. The fourth-order valence-electron chi connectivity index (χ4n) is 4.24. The van der Waals surface area contributed by atoms with Gasteiger partial charge in [0.1, 0.15) is 17.4 Å². The van der Waals surface area contributed by atoms with Gasteiger partial charge in [0.25, 0.3) is 5.91 Å². The Morgan fingerprint density at radius 2 is 1.83 bits per heavy atom. The van der Waals surface area contributed by atoms with Crippen LogP contribution in [-0.2, 0) is 13.2 Å². The first-order valence-corrected chi connectivity index (χ1v) is 12.5. The lowest BCUT2D eigenvalue weighted by Crippen LogP contribution is -2.15. The number of hydrogen-bond acceptors (Lipinski definition) is 5. The van der Waals surface area contributed by atoms with E-state index < -0.39 is 34.8 Å². The van der Waals surface area contributed by atoms with Crippen LogP contribution in [0.4, 0.5) is 33.5 Å². The highest BCUT2D eigenvalue weighted by Gasteiger charge is 2.32. The Labute approximate surface area is 240 Å². The molecule has 0 unspecified atom stereocenters. The Morgan fingerprint density at radius 1 is 1.05 bits per heavy atom. The van der Waals surface area contributed by atoms with Gasteiger partial charge in [-0.2, -0.15) is 18.3 Å². The van der Waals surface area contributed by atoms with E-state index in [4.69, 9.17) is 22.1 Å². The van der Waals surface area contributed by atoms with Crippen molar-refractivity contribution in [2.45, 2.75) is 6.18 Å². The molecule has 0 bridgehead atoms. The number of amides is 1. The zero-order valence-corrected chi connectivity index (χ0v) is 22.3. The minimum atomic E-state index is -4.90. The minimum absolute atomic E-state index is 0.0170. The van der Waals surface area contributed by atoms with Gasteiger partial charge in [0.15, 0.2) is 11.6 Å². The number of nitrogens with one attached hydrogen (secondary N) is 1. The third-order valence-electron chi connectivity index (χ3n) is 6.08. The number of halogens is 6. The molecule has 0 radical (unpaired) electrons. The summed E-state index contributed by atoms with van der Waals surface area (Å²) in [4.78, 5) is 17.5. The first-order chi connectivity index (χ1) is 19.9. The summed E-state index contributed by atoms with van der Waals surface area (Å²) in [6, 6.07) is 11.5. The lowest BCUT2D eigenvalue weighted by molar-refractivity contribution is -0.137. The van der Waals surface area contributed by atoms with E-state index in [1.54, 1.807) is 43.6 Å². The molecule has 0 aliphatic carbocycles. The molecule has 0 aliphatic heterocycles. The number of pyridine rings is 1. The molecule has 3 aromatic carbocycles. The van der Waals surface area contributed by atoms with Crippen LogP contribution in [-0.4, -0.2) is 20.7 Å². The van der Waals surface area contributed by atoms with Crippen molar-refractivity contribution in [2.75, 3.05) is 11.1 Å². The zero-order chi connectivity index (χ0) is 30.2. The maximum atomic E-state index is 14.1. The highest BCUT2D eigenvalue weighted by Crippen LogP contribution is 2.44. The predicted molar refractivity (Wildman–Crippen MR) is 149 cm³/mol. The van der Waals surface area contributed by atoms with Crippen molar-refractivity contribution in [1.29, 1.82) is 0 Å². The number of aryl methyl sites for hydroxylation is 1. The number of hydrogen-bond donors (Lipinski definition) is 2. The Hall–Kier alpha value is -4.97. The quantitative estimate of drug-likeness (QED) is 0.195. The molecule has 2 aromatic heterocycles. The molecule has 1 amide bonds. The van der Waals surface area contributed by atoms with Gasteiger partial charge in [-0.25, -0.2) is 8.78 Å². The number of benzene rings is 3. The number of anilines is 2. The van der Waals surface area contributed by atoms with Crippen molar-refractivity contribution in [3.8, 4) is 11.5 Å². The third kappa shape index (κ3) is 5.88. The van der Waals surface area contributed by atoms with E-state index in [9.17, 15) is 26.7 Å². The van der Waals surface area contributed by atoms with Crippen LogP contribution in [0.1, 0.15) is 27.2 Å². The van der Waals surface area contributed by atoms with E-state index in [-0.39, 0.29) is 39.5 Å².